The van der Waals surface area contributed by atoms with Crippen molar-refractivity contribution in [2.24, 2.45) is 0 Å². The molecule has 0 aliphatic rings. The van der Waals surface area contributed by atoms with Gasteiger partial charge >= 0.3 is 6.18 Å². The Hall–Kier alpha value is -0.780. The van der Waals surface area contributed by atoms with E-state index in [2.05, 4.69) is 15.9 Å². The monoisotopic (exact) mass is 286 g/mol. The van der Waals surface area contributed by atoms with Crippen molar-refractivity contribution in [2.75, 3.05) is 6.61 Å². The molecule has 1 nitrogen and oxygen atoms in total. The molecule has 0 atom stereocenters. The lowest BCUT2D eigenvalue weighted by Gasteiger charge is -2.14. The molecule has 1 aromatic carbocycles. The fourth-order valence-electron chi connectivity index (χ4n) is 1.06. The Balaban J connectivity index is 3.33. The summed E-state index contributed by atoms with van der Waals surface area (Å²) in [5.41, 5.74) is -1.11. The maximum atomic E-state index is 12.8. The van der Waals surface area contributed by atoms with E-state index in [4.69, 9.17) is 4.74 Å². The maximum absolute atomic E-state index is 12.8. The maximum Gasteiger partial charge on any atom is 0.420 e. The fourth-order valence-corrected chi connectivity index (χ4v) is 1.61. The lowest BCUT2D eigenvalue weighted by molar-refractivity contribution is -0.139. The zero-order valence-electron chi connectivity index (χ0n) is 7.66. The molecular weight excluding hydrogens is 280 g/mol. The van der Waals surface area contributed by atoms with E-state index in [1.165, 1.54) is 0 Å². The highest BCUT2D eigenvalue weighted by Gasteiger charge is 2.36. The van der Waals surface area contributed by atoms with Gasteiger partial charge in [-0.05, 0) is 35.0 Å². The van der Waals surface area contributed by atoms with Crippen molar-refractivity contribution in [3.8, 4) is 5.75 Å². The van der Waals surface area contributed by atoms with Gasteiger partial charge in [0.1, 0.15) is 17.1 Å². The van der Waals surface area contributed by atoms with Crippen LogP contribution in [0.2, 0.25) is 0 Å². The van der Waals surface area contributed by atoms with Crippen LogP contribution in [0.4, 0.5) is 17.6 Å². The summed E-state index contributed by atoms with van der Waals surface area (Å²) >= 11 is 2.83. The van der Waals surface area contributed by atoms with Gasteiger partial charge in [-0.15, -0.1) is 0 Å². The van der Waals surface area contributed by atoms with Crippen molar-refractivity contribution in [1.82, 2.24) is 0 Å². The summed E-state index contributed by atoms with van der Waals surface area (Å²) in [5, 5.41) is 0. The summed E-state index contributed by atoms with van der Waals surface area (Å²) in [4.78, 5) is 0. The third-order valence-electron chi connectivity index (χ3n) is 1.60. The van der Waals surface area contributed by atoms with Crippen molar-refractivity contribution >= 4 is 15.9 Å². The van der Waals surface area contributed by atoms with Crippen molar-refractivity contribution in [2.45, 2.75) is 13.1 Å². The number of alkyl halides is 3. The van der Waals surface area contributed by atoms with E-state index in [1.807, 2.05) is 0 Å². The lowest BCUT2D eigenvalue weighted by Crippen LogP contribution is -2.09. The SMILES string of the molecule is CCOc1c(Br)cc(F)cc1C(F)(F)F. The van der Waals surface area contributed by atoms with Gasteiger partial charge in [-0.3, -0.25) is 0 Å². The first-order valence-electron chi connectivity index (χ1n) is 4.05. The van der Waals surface area contributed by atoms with E-state index in [0.29, 0.717) is 6.07 Å². The average molecular weight is 287 g/mol. The Morgan fingerprint density at radius 1 is 1.33 bits per heavy atom. The summed E-state index contributed by atoms with van der Waals surface area (Å²) < 4.78 is 55.0. The second kappa shape index (κ2) is 4.38. The Labute approximate surface area is 92.2 Å². The number of hydrogen-bond donors (Lipinski definition) is 0. The Morgan fingerprint density at radius 3 is 2.40 bits per heavy atom. The first kappa shape index (κ1) is 12.3. The molecule has 0 aliphatic carbocycles. The molecule has 0 heterocycles. The Kier molecular flexibility index (Phi) is 3.59. The van der Waals surface area contributed by atoms with Gasteiger partial charge in [0.15, 0.2) is 0 Å². The van der Waals surface area contributed by atoms with E-state index in [-0.39, 0.29) is 16.8 Å². The number of benzene rings is 1. The molecule has 84 valence electrons. The zero-order chi connectivity index (χ0) is 11.6. The van der Waals surface area contributed by atoms with Crippen molar-refractivity contribution < 1.29 is 22.3 Å². The van der Waals surface area contributed by atoms with Gasteiger partial charge in [0.2, 0.25) is 0 Å². The molecule has 0 fully saturated rings. The highest BCUT2D eigenvalue weighted by Crippen LogP contribution is 2.40. The van der Waals surface area contributed by atoms with Gasteiger partial charge < -0.3 is 4.74 Å². The molecule has 0 bridgehead atoms. The summed E-state index contributed by atoms with van der Waals surface area (Å²) in [6.45, 7) is 1.63. The van der Waals surface area contributed by atoms with Gasteiger partial charge in [-0.25, -0.2) is 4.39 Å². The van der Waals surface area contributed by atoms with Crippen molar-refractivity contribution in [3.63, 3.8) is 0 Å². The molecule has 0 saturated heterocycles. The molecule has 15 heavy (non-hydrogen) atoms. The predicted molar refractivity (Wildman–Crippen MR) is 50.3 cm³/mol. The lowest BCUT2D eigenvalue weighted by atomic mass is 10.2. The predicted octanol–water partition coefficient (Wildman–Crippen LogP) is 4.01. The van der Waals surface area contributed by atoms with Gasteiger partial charge in [-0.1, -0.05) is 0 Å². The average Bonchev–Trinajstić information content (AvgIpc) is 2.07. The molecule has 0 spiro atoms. The molecule has 0 amide bonds. The van der Waals surface area contributed by atoms with Crippen LogP contribution in [0.5, 0.6) is 5.75 Å². The van der Waals surface area contributed by atoms with Crippen molar-refractivity contribution in [3.05, 3.63) is 28.0 Å². The summed E-state index contributed by atoms with van der Waals surface area (Å²) in [5.74, 6) is -1.34. The van der Waals surface area contributed by atoms with Gasteiger partial charge in [0, 0.05) is 0 Å². The minimum atomic E-state index is -4.63. The normalized spacial score (nSPS) is 11.6. The minimum absolute atomic E-state index is 0.0447. The fraction of sp³-hybridized carbons (Fsp3) is 0.333. The molecule has 6 heteroatoms. The Morgan fingerprint density at radius 2 is 1.93 bits per heavy atom. The molecule has 1 rings (SSSR count). The molecule has 0 aromatic heterocycles. The number of rotatable bonds is 2. The van der Waals surface area contributed by atoms with Gasteiger partial charge in [0.25, 0.3) is 0 Å². The topological polar surface area (TPSA) is 9.23 Å². The standard InChI is InChI=1S/C9H7BrF4O/c1-2-15-8-6(9(12,13)14)3-5(11)4-7(8)10/h3-4H,2H2,1H3. The first-order chi connectivity index (χ1) is 6.86. The van der Waals surface area contributed by atoms with Crippen LogP contribution in [0.3, 0.4) is 0 Å². The number of hydrogen-bond acceptors (Lipinski definition) is 1. The van der Waals surface area contributed by atoms with Crippen LogP contribution in [0.25, 0.3) is 0 Å². The van der Waals surface area contributed by atoms with E-state index in [0.717, 1.165) is 6.07 Å². The van der Waals surface area contributed by atoms with E-state index in [1.54, 1.807) is 6.92 Å². The van der Waals surface area contributed by atoms with Crippen LogP contribution < -0.4 is 4.74 Å². The third-order valence-corrected chi connectivity index (χ3v) is 2.19. The van der Waals surface area contributed by atoms with Crippen LogP contribution in [-0.4, -0.2) is 6.61 Å². The molecule has 0 unspecified atom stereocenters. The van der Waals surface area contributed by atoms with Crippen LogP contribution in [-0.2, 0) is 6.18 Å². The van der Waals surface area contributed by atoms with Crippen LogP contribution in [0.15, 0.2) is 16.6 Å². The Bertz CT molecular complexity index is 362. The van der Waals surface area contributed by atoms with E-state index < -0.39 is 17.6 Å². The summed E-state index contributed by atoms with van der Waals surface area (Å²) in [6, 6.07) is 1.34. The smallest absolute Gasteiger partial charge is 0.420 e. The van der Waals surface area contributed by atoms with Crippen LogP contribution >= 0.6 is 15.9 Å². The van der Waals surface area contributed by atoms with E-state index >= 15 is 0 Å². The van der Waals surface area contributed by atoms with Crippen LogP contribution in [0, 0.1) is 5.82 Å². The zero-order valence-corrected chi connectivity index (χ0v) is 9.25. The van der Waals surface area contributed by atoms with E-state index in [9.17, 15) is 17.6 Å². The second-order valence-electron chi connectivity index (χ2n) is 2.70. The molecular formula is C9H7BrF4O. The highest BCUT2D eigenvalue weighted by atomic mass is 79.9. The number of halogens is 5. The first-order valence-corrected chi connectivity index (χ1v) is 4.84. The van der Waals surface area contributed by atoms with Gasteiger partial charge in [-0.2, -0.15) is 13.2 Å². The largest absolute Gasteiger partial charge is 0.492 e. The molecule has 0 aliphatic heterocycles. The molecule has 0 N–H and O–H groups in total. The quantitative estimate of drug-likeness (QED) is 0.747. The minimum Gasteiger partial charge on any atom is -0.492 e. The van der Waals surface area contributed by atoms with Crippen molar-refractivity contribution in [1.29, 1.82) is 0 Å². The van der Waals surface area contributed by atoms with Gasteiger partial charge in [0.05, 0.1) is 11.1 Å². The molecule has 1 aromatic rings. The second-order valence-corrected chi connectivity index (χ2v) is 3.55. The molecule has 0 saturated carbocycles. The number of ether oxygens (including phenoxy) is 1. The summed E-state index contributed by atoms with van der Waals surface area (Å²) in [6.07, 6.45) is -4.63. The molecule has 0 radical (unpaired) electrons. The van der Waals surface area contributed by atoms with Crippen LogP contribution in [0.1, 0.15) is 12.5 Å². The summed E-state index contributed by atoms with van der Waals surface area (Å²) in [7, 11) is 0. The highest BCUT2D eigenvalue weighted by molar-refractivity contribution is 9.10. The third kappa shape index (κ3) is 2.84.